The molecule has 3 heterocycles. The van der Waals surface area contributed by atoms with Crippen LogP contribution in [-0.2, 0) is 14.2 Å². The summed E-state index contributed by atoms with van der Waals surface area (Å²) in [5, 5.41) is 11.4. The van der Waals surface area contributed by atoms with E-state index in [-0.39, 0.29) is 11.8 Å². The average Bonchev–Trinajstić information content (AvgIpc) is 3.12. The lowest BCUT2D eigenvalue weighted by Gasteiger charge is -2.28. The summed E-state index contributed by atoms with van der Waals surface area (Å²) >= 11 is 3.19. The standard InChI is InChI=1S/C16H18N2O4S2/c1-16(2)21-6-5-20-15(22-16)11-8-23-13(18-11)14-17-10-4-3-9(19)7-12(10)24-14/h3-4,7,11,15,19H,5-6,8H2,1-2H3. The Hall–Kier alpha value is -1.19. The van der Waals surface area contributed by atoms with Gasteiger partial charge >= 0.3 is 0 Å². The summed E-state index contributed by atoms with van der Waals surface area (Å²) in [7, 11) is 0. The first-order chi connectivity index (χ1) is 11.5. The number of benzene rings is 1. The number of fused-ring (bicyclic) bond motifs is 1. The zero-order chi connectivity index (χ0) is 16.7. The summed E-state index contributed by atoms with van der Waals surface area (Å²) in [5.41, 5.74) is 0.871. The van der Waals surface area contributed by atoms with Crippen molar-refractivity contribution in [1.82, 2.24) is 4.98 Å². The van der Waals surface area contributed by atoms with Crippen LogP contribution in [0.1, 0.15) is 18.9 Å². The molecule has 1 aromatic heterocycles. The van der Waals surface area contributed by atoms with Crippen molar-refractivity contribution in [3.63, 3.8) is 0 Å². The van der Waals surface area contributed by atoms with Gasteiger partial charge in [-0.25, -0.2) is 4.98 Å². The van der Waals surface area contributed by atoms with Gasteiger partial charge in [0, 0.05) is 5.75 Å². The highest BCUT2D eigenvalue weighted by Gasteiger charge is 2.36. The van der Waals surface area contributed by atoms with Crippen molar-refractivity contribution in [2.45, 2.75) is 32.0 Å². The molecule has 2 atom stereocenters. The fourth-order valence-corrected chi connectivity index (χ4v) is 4.77. The van der Waals surface area contributed by atoms with Gasteiger partial charge in [0.2, 0.25) is 0 Å². The van der Waals surface area contributed by atoms with Crippen LogP contribution in [-0.4, -0.2) is 52.2 Å². The Balaban J connectivity index is 1.57. The quantitative estimate of drug-likeness (QED) is 0.881. The van der Waals surface area contributed by atoms with Crippen LogP contribution in [0.3, 0.4) is 0 Å². The van der Waals surface area contributed by atoms with Crippen LogP contribution in [0.25, 0.3) is 10.2 Å². The zero-order valence-corrected chi connectivity index (χ0v) is 15.0. The minimum Gasteiger partial charge on any atom is -0.508 e. The van der Waals surface area contributed by atoms with E-state index in [9.17, 15) is 5.11 Å². The number of nitrogens with zero attached hydrogens (tertiary/aromatic N) is 2. The Bertz CT molecular complexity index is 789. The van der Waals surface area contributed by atoms with E-state index in [1.54, 1.807) is 23.9 Å². The second-order valence-corrected chi connectivity index (χ2v) is 8.13. The van der Waals surface area contributed by atoms with Crippen molar-refractivity contribution < 1.29 is 19.3 Å². The predicted octanol–water partition coefficient (Wildman–Crippen LogP) is 2.99. The summed E-state index contributed by atoms with van der Waals surface area (Å²) in [6, 6.07) is 5.12. The molecule has 6 nitrogen and oxygen atoms in total. The number of rotatable bonds is 2. The molecular formula is C16H18N2O4S2. The minimum absolute atomic E-state index is 0.0774. The Morgan fingerprint density at radius 3 is 3.04 bits per heavy atom. The van der Waals surface area contributed by atoms with Gasteiger partial charge in [0.05, 0.1) is 23.4 Å². The maximum Gasteiger partial charge on any atom is 0.184 e. The highest BCUT2D eigenvalue weighted by molar-refractivity contribution is 8.15. The van der Waals surface area contributed by atoms with Crippen molar-refractivity contribution in [2.24, 2.45) is 4.99 Å². The maximum absolute atomic E-state index is 9.59. The van der Waals surface area contributed by atoms with Crippen LogP contribution in [0.4, 0.5) is 0 Å². The molecule has 1 fully saturated rings. The van der Waals surface area contributed by atoms with Gasteiger partial charge in [0.1, 0.15) is 21.8 Å². The second kappa shape index (κ2) is 6.27. The van der Waals surface area contributed by atoms with Gasteiger partial charge in [-0.05, 0) is 32.0 Å². The topological polar surface area (TPSA) is 73.2 Å². The van der Waals surface area contributed by atoms with Gasteiger partial charge in [-0.3, -0.25) is 4.99 Å². The van der Waals surface area contributed by atoms with Crippen molar-refractivity contribution in [3.05, 3.63) is 23.2 Å². The lowest BCUT2D eigenvalue weighted by atomic mass is 10.3. The van der Waals surface area contributed by atoms with Gasteiger partial charge < -0.3 is 19.3 Å². The molecule has 0 radical (unpaired) electrons. The molecule has 1 aromatic carbocycles. The van der Waals surface area contributed by atoms with E-state index in [2.05, 4.69) is 4.98 Å². The Kier molecular flexibility index (Phi) is 4.26. The average molecular weight is 366 g/mol. The molecule has 1 N–H and O–H groups in total. The molecule has 0 bridgehead atoms. The first kappa shape index (κ1) is 16.3. The number of aromatic nitrogens is 1. The molecule has 2 unspecified atom stereocenters. The lowest BCUT2D eigenvalue weighted by molar-refractivity contribution is -0.261. The van der Waals surface area contributed by atoms with Gasteiger partial charge in [-0.15, -0.1) is 23.1 Å². The van der Waals surface area contributed by atoms with E-state index in [4.69, 9.17) is 19.2 Å². The van der Waals surface area contributed by atoms with Gasteiger partial charge in [-0.2, -0.15) is 0 Å². The van der Waals surface area contributed by atoms with E-state index in [0.717, 1.165) is 26.0 Å². The highest BCUT2D eigenvalue weighted by Crippen LogP contribution is 2.33. The molecule has 2 aliphatic heterocycles. The maximum atomic E-state index is 9.59. The molecule has 0 saturated carbocycles. The molecule has 8 heteroatoms. The molecule has 24 heavy (non-hydrogen) atoms. The SMILES string of the molecule is CC1(C)OCCOC(C2CSC(c3nc4ccc(O)cc4s3)=N2)O1. The van der Waals surface area contributed by atoms with E-state index in [1.165, 1.54) is 11.3 Å². The summed E-state index contributed by atoms with van der Waals surface area (Å²) in [4.78, 5) is 9.38. The van der Waals surface area contributed by atoms with E-state index >= 15 is 0 Å². The van der Waals surface area contributed by atoms with Crippen LogP contribution in [0, 0.1) is 0 Å². The van der Waals surface area contributed by atoms with Crippen molar-refractivity contribution in [2.75, 3.05) is 19.0 Å². The van der Waals surface area contributed by atoms with E-state index in [1.807, 2.05) is 19.9 Å². The molecular weight excluding hydrogens is 348 g/mol. The molecule has 128 valence electrons. The molecule has 0 aliphatic carbocycles. The fourth-order valence-electron chi connectivity index (χ4n) is 2.64. The summed E-state index contributed by atoms with van der Waals surface area (Å²) < 4.78 is 18.2. The Labute approximate surface area is 147 Å². The van der Waals surface area contributed by atoms with Crippen LogP contribution in [0.2, 0.25) is 0 Å². The van der Waals surface area contributed by atoms with Crippen molar-refractivity contribution in [3.8, 4) is 5.75 Å². The van der Waals surface area contributed by atoms with Crippen LogP contribution >= 0.6 is 23.1 Å². The summed E-state index contributed by atoms with van der Waals surface area (Å²) in [6.07, 6.45) is -0.411. The fraction of sp³-hybridized carbons (Fsp3) is 0.500. The number of hydrogen-bond donors (Lipinski definition) is 1. The highest BCUT2D eigenvalue weighted by atomic mass is 32.2. The number of hydrogen-bond acceptors (Lipinski definition) is 8. The normalized spacial score (nSPS) is 27.2. The number of ether oxygens (including phenoxy) is 3. The number of thioether (sulfide) groups is 1. The first-order valence-corrected chi connectivity index (χ1v) is 9.54. The number of aliphatic imine (C=N–C) groups is 1. The Morgan fingerprint density at radius 2 is 2.17 bits per heavy atom. The van der Waals surface area contributed by atoms with Gasteiger partial charge in [0.15, 0.2) is 12.1 Å². The summed E-state index contributed by atoms with van der Waals surface area (Å²) in [6.45, 7) is 4.80. The largest absolute Gasteiger partial charge is 0.508 e. The third-order valence-electron chi connectivity index (χ3n) is 3.76. The predicted molar refractivity (Wildman–Crippen MR) is 94.9 cm³/mol. The molecule has 0 spiro atoms. The van der Waals surface area contributed by atoms with E-state index in [0.29, 0.717) is 13.2 Å². The smallest absolute Gasteiger partial charge is 0.184 e. The number of aromatic hydroxyl groups is 1. The second-order valence-electron chi connectivity index (χ2n) is 6.09. The van der Waals surface area contributed by atoms with Gasteiger partial charge in [0.25, 0.3) is 0 Å². The molecule has 4 rings (SSSR count). The molecule has 0 amide bonds. The zero-order valence-electron chi connectivity index (χ0n) is 13.4. The monoisotopic (exact) mass is 366 g/mol. The van der Waals surface area contributed by atoms with Gasteiger partial charge in [-0.1, -0.05) is 0 Å². The third-order valence-corrected chi connectivity index (χ3v) is 5.99. The number of phenols is 1. The van der Waals surface area contributed by atoms with Crippen molar-refractivity contribution in [1.29, 1.82) is 0 Å². The van der Waals surface area contributed by atoms with E-state index < -0.39 is 12.1 Å². The number of thiazole rings is 1. The van der Waals surface area contributed by atoms with Crippen molar-refractivity contribution >= 4 is 38.4 Å². The summed E-state index contributed by atoms with van der Waals surface area (Å²) in [5.74, 6) is 0.369. The first-order valence-electron chi connectivity index (χ1n) is 7.74. The lowest BCUT2D eigenvalue weighted by Crippen LogP contribution is -2.38. The molecule has 1 saturated heterocycles. The van der Waals surface area contributed by atoms with Crippen LogP contribution in [0.15, 0.2) is 23.2 Å². The number of phenolic OH excluding ortho intramolecular Hbond substituents is 1. The third kappa shape index (κ3) is 3.29. The minimum atomic E-state index is -0.669. The molecule has 2 aliphatic rings. The van der Waals surface area contributed by atoms with Crippen LogP contribution < -0.4 is 0 Å². The van der Waals surface area contributed by atoms with Crippen LogP contribution in [0.5, 0.6) is 5.75 Å². The molecule has 2 aromatic rings. The Morgan fingerprint density at radius 1 is 1.29 bits per heavy atom.